The number of ether oxygens (including phenoxy) is 1. The van der Waals surface area contributed by atoms with Crippen molar-refractivity contribution in [1.82, 2.24) is 0 Å². The summed E-state index contributed by atoms with van der Waals surface area (Å²) < 4.78 is 44.2. The van der Waals surface area contributed by atoms with E-state index in [0.717, 1.165) is 30.4 Å². The number of nitrogens with two attached hydrogens (primary N) is 1. The van der Waals surface area contributed by atoms with Crippen molar-refractivity contribution in [3.63, 3.8) is 0 Å². The summed E-state index contributed by atoms with van der Waals surface area (Å²) in [6, 6.07) is 5.34. The van der Waals surface area contributed by atoms with Crippen LogP contribution in [0.15, 0.2) is 24.3 Å². The van der Waals surface area contributed by atoms with Gasteiger partial charge >= 0.3 is 6.18 Å². The molecule has 0 amide bonds. The Balaban J connectivity index is 2.01. The molecule has 1 aliphatic rings. The molecule has 1 saturated heterocycles. The second kappa shape index (κ2) is 7.40. The summed E-state index contributed by atoms with van der Waals surface area (Å²) in [4.78, 5) is 0. The van der Waals surface area contributed by atoms with Crippen LogP contribution in [0, 0.1) is 11.8 Å². The lowest BCUT2D eigenvalue weighted by Gasteiger charge is -2.29. The predicted molar refractivity (Wildman–Crippen MR) is 79.5 cm³/mol. The first-order valence-corrected chi connectivity index (χ1v) is 8.24. The molecule has 0 spiro atoms. The van der Waals surface area contributed by atoms with E-state index in [2.05, 4.69) is 0 Å². The highest BCUT2D eigenvalue weighted by atomic mass is 32.2. The molecule has 0 aliphatic carbocycles. The lowest BCUT2D eigenvalue weighted by Crippen LogP contribution is -2.31. The van der Waals surface area contributed by atoms with E-state index >= 15 is 0 Å². The number of benzene rings is 1. The Morgan fingerprint density at radius 1 is 1.24 bits per heavy atom. The molecule has 21 heavy (non-hydrogen) atoms. The highest BCUT2D eigenvalue weighted by Crippen LogP contribution is 2.36. The average molecular weight is 319 g/mol. The van der Waals surface area contributed by atoms with Crippen LogP contribution in [0.1, 0.15) is 18.4 Å². The zero-order valence-electron chi connectivity index (χ0n) is 11.7. The van der Waals surface area contributed by atoms with Gasteiger partial charge in [-0.3, -0.25) is 0 Å². The van der Waals surface area contributed by atoms with Gasteiger partial charge in [0.25, 0.3) is 0 Å². The number of hydrogen-bond acceptors (Lipinski definition) is 3. The SMILES string of the molecule is NCC(COc1ccccc1C(F)(F)F)C1CCSCC1. The van der Waals surface area contributed by atoms with Gasteiger partial charge in [0.05, 0.1) is 12.2 Å². The standard InChI is InChI=1S/C15H20F3NOS/c16-15(17,18)13-3-1-2-4-14(13)20-10-12(9-19)11-5-7-21-8-6-11/h1-4,11-12H,5-10,19H2. The number of thioether (sulfide) groups is 1. The van der Waals surface area contributed by atoms with Crippen molar-refractivity contribution in [3.8, 4) is 5.75 Å². The molecule has 6 heteroatoms. The van der Waals surface area contributed by atoms with Crippen LogP contribution in [0.25, 0.3) is 0 Å². The van der Waals surface area contributed by atoms with Crippen LogP contribution < -0.4 is 10.5 Å². The fraction of sp³-hybridized carbons (Fsp3) is 0.600. The second-order valence-corrected chi connectivity index (χ2v) is 6.48. The molecule has 1 unspecified atom stereocenters. The van der Waals surface area contributed by atoms with E-state index in [0.29, 0.717) is 12.5 Å². The van der Waals surface area contributed by atoms with Gasteiger partial charge < -0.3 is 10.5 Å². The zero-order chi connectivity index (χ0) is 15.3. The van der Waals surface area contributed by atoms with Crippen LogP contribution in [0.2, 0.25) is 0 Å². The maximum absolute atomic E-state index is 12.9. The van der Waals surface area contributed by atoms with Crippen LogP contribution in [0.4, 0.5) is 13.2 Å². The fourth-order valence-electron chi connectivity index (χ4n) is 2.61. The summed E-state index contributed by atoms with van der Waals surface area (Å²) in [5, 5.41) is 0. The smallest absolute Gasteiger partial charge is 0.419 e. The molecule has 0 saturated carbocycles. The molecule has 1 fully saturated rings. The van der Waals surface area contributed by atoms with Gasteiger partial charge in [0, 0.05) is 5.92 Å². The summed E-state index contributed by atoms with van der Waals surface area (Å²) in [6.45, 7) is 0.697. The van der Waals surface area contributed by atoms with Crippen molar-refractivity contribution < 1.29 is 17.9 Å². The molecular weight excluding hydrogens is 299 g/mol. The van der Waals surface area contributed by atoms with Crippen molar-refractivity contribution in [2.45, 2.75) is 19.0 Å². The van der Waals surface area contributed by atoms with Crippen molar-refractivity contribution in [2.24, 2.45) is 17.6 Å². The monoisotopic (exact) mass is 319 g/mol. The number of rotatable bonds is 5. The molecule has 2 rings (SSSR count). The van der Waals surface area contributed by atoms with Gasteiger partial charge in [-0.1, -0.05) is 12.1 Å². The first-order valence-electron chi connectivity index (χ1n) is 7.09. The molecule has 1 atom stereocenters. The summed E-state index contributed by atoms with van der Waals surface area (Å²) in [5.74, 6) is 2.66. The van der Waals surface area contributed by atoms with Crippen molar-refractivity contribution >= 4 is 11.8 Å². The van der Waals surface area contributed by atoms with Gasteiger partial charge in [-0.25, -0.2) is 0 Å². The van der Waals surface area contributed by atoms with Gasteiger partial charge in [-0.05, 0) is 48.9 Å². The van der Waals surface area contributed by atoms with Gasteiger partial charge in [0.2, 0.25) is 0 Å². The first-order chi connectivity index (χ1) is 10.0. The lowest BCUT2D eigenvalue weighted by molar-refractivity contribution is -0.139. The molecule has 1 aromatic carbocycles. The van der Waals surface area contributed by atoms with E-state index in [1.54, 1.807) is 6.07 Å². The van der Waals surface area contributed by atoms with Crippen LogP contribution in [0.5, 0.6) is 5.75 Å². The highest BCUT2D eigenvalue weighted by Gasteiger charge is 2.34. The van der Waals surface area contributed by atoms with E-state index in [4.69, 9.17) is 10.5 Å². The maximum Gasteiger partial charge on any atom is 0.419 e. The molecule has 1 aromatic rings. The van der Waals surface area contributed by atoms with E-state index in [-0.39, 0.29) is 18.3 Å². The van der Waals surface area contributed by atoms with Crippen LogP contribution >= 0.6 is 11.8 Å². The number of hydrogen-bond donors (Lipinski definition) is 1. The Morgan fingerprint density at radius 3 is 2.52 bits per heavy atom. The molecule has 2 N–H and O–H groups in total. The Hall–Kier alpha value is -0.880. The zero-order valence-corrected chi connectivity index (χ0v) is 12.6. The van der Waals surface area contributed by atoms with E-state index in [1.165, 1.54) is 12.1 Å². The van der Waals surface area contributed by atoms with Gasteiger partial charge in [0.1, 0.15) is 5.75 Å². The van der Waals surface area contributed by atoms with Crippen molar-refractivity contribution in [3.05, 3.63) is 29.8 Å². The Kier molecular flexibility index (Phi) is 5.81. The minimum atomic E-state index is -4.39. The van der Waals surface area contributed by atoms with E-state index < -0.39 is 11.7 Å². The number of alkyl halides is 3. The van der Waals surface area contributed by atoms with E-state index in [1.807, 2.05) is 11.8 Å². The predicted octanol–water partition coefficient (Wildman–Crippen LogP) is 3.80. The molecule has 118 valence electrons. The molecule has 0 radical (unpaired) electrons. The third-order valence-corrected chi connectivity index (χ3v) is 4.93. The van der Waals surface area contributed by atoms with E-state index in [9.17, 15) is 13.2 Å². The number of halogens is 3. The minimum absolute atomic E-state index is 0.103. The Bertz CT molecular complexity index is 447. The van der Waals surface area contributed by atoms with Crippen molar-refractivity contribution in [2.75, 3.05) is 24.7 Å². The van der Waals surface area contributed by atoms with Crippen LogP contribution in [0.3, 0.4) is 0 Å². The molecule has 1 aliphatic heterocycles. The summed E-state index contributed by atoms with van der Waals surface area (Å²) in [7, 11) is 0. The summed E-state index contributed by atoms with van der Waals surface area (Å²) in [5.41, 5.74) is 5.06. The van der Waals surface area contributed by atoms with Gasteiger partial charge in [0.15, 0.2) is 0 Å². The normalized spacial score (nSPS) is 18.5. The maximum atomic E-state index is 12.9. The lowest BCUT2D eigenvalue weighted by atomic mass is 9.88. The average Bonchev–Trinajstić information content (AvgIpc) is 2.48. The second-order valence-electron chi connectivity index (χ2n) is 5.25. The Morgan fingerprint density at radius 2 is 1.90 bits per heavy atom. The highest BCUT2D eigenvalue weighted by molar-refractivity contribution is 7.99. The number of para-hydroxylation sites is 1. The quantitative estimate of drug-likeness (QED) is 0.896. The summed E-state index contributed by atoms with van der Waals surface area (Å²) in [6.07, 6.45) is -2.26. The molecular formula is C15H20F3NOS. The fourth-order valence-corrected chi connectivity index (χ4v) is 3.75. The molecule has 1 heterocycles. The topological polar surface area (TPSA) is 35.2 Å². The van der Waals surface area contributed by atoms with Gasteiger partial charge in [-0.2, -0.15) is 24.9 Å². The van der Waals surface area contributed by atoms with Gasteiger partial charge in [-0.15, -0.1) is 0 Å². The molecule has 2 nitrogen and oxygen atoms in total. The van der Waals surface area contributed by atoms with Crippen molar-refractivity contribution in [1.29, 1.82) is 0 Å². The third kappa shape index (κ3) is 4.54. The first kappa shape index (κ1) is 16.5. The minimum Gasteiger partial charge on any atom is -0.493 e. The molecule has 0 aromatic heterocycles. The third-order valence-electron chi connectivity index (χ3n) is 3.88. The summed E-state index contributed by atoms with van der Waals surface area (Å²) >= 11 is 1.92. The molecule has 0 bridgehead atoms. The largest absolute Gasteiger partial charge is 0.493 e. The van der Waals surface area contributed by atoms with Crippen LogP contribution in [-0.4, -0.2) is 24.7 Å². The Labute approximate surface area is 127 Å². The van der Waals surface area contributed by atoms with Crippen LogP contribution in [-0.2, 0) is 6.18 Å².